The number of ether oxygens (including phenoxy) is 1. The van der Waals surface area contributed by atoms with Gasteiger partial charge in [-0.05, 0) is 32.0 Å². The van der Waals surface area contributed by atoms with Crippen LogP contribution in [0.5, 0.6) is 0 Å². The quantitative estimate of drug-likeness (QED) is 0.614. The Kier molecular flexibility index (Phi) is 6.57. The number of carbonyl (C=O) groups is 1. The minimum Gasteiger partial charge on any atom is -0.379 e. The fourth-order valence-electron chi connectivity index (χ4n) is 3.60. The van der Waals surface area contributed by atoms with Crippen LogP contribution >= 0.6 is 0 Å². The van der Waals surface area contributed by atoms with Crippen LogP contribution in [0.4, 0.5) is 0 Å². The fourth-order valence-corrected chi connectivity index (χ4v) is 3.60. The molecule has 0 aliphatic carbocycles. The maximum Gasteiger partial charge on any atom is 0.255 e. The summed E-state index contributed by atoms with van der Waals surface area (Å²) in [5, 5.41) is 7.81. The molecule has 1 fully saturated rings. The maximum absolute atomic E-state index is 13.0. The maximum atomic E-state index is 13.0. The van der Waals surface area contributed by atoms with E-state index in [1.807, 2.05) is 60.8 Å². The Balaban J connectivity index is 1.49. The number of aromatic nitrogens is 2. The number of para-hydroxylation sites is 1. The number of nitrogens with zero attached hydrogens (tertiary/aromatic N) is 3. The summed E-state index contributed by atoms with van der Waals surface area (Å²) in [4.78, 5) is 15.4. The van der Waals surface area contributed by atoms with Crippen LogP contribution in [0, 0.1) is 6.92 Å². The van der Waals surface area contributed by atoms with Crippen LogP contribution in [0.25, 0.3) is 16.9 Å². The smallest absolute Gasteiger partial charge is 0.255 e. The highest BCUT2D eigenvalue weighted by Gasteiger charge is 2.18. The normalized spacial score (nSPS) is 14.6. The van der Waals surface area contributed by atoms with Crippen LogP contribution in [0.1, 0.15) is 22.3 Å². The van der Waals surface area contributed by atoms with Crippen LogP contribution in [-0.4, -0.2) is 60.0 Å². The lowest BCUT2D eigenvalue weighted by Gasteiger charge is -2.26. The summed E-state index contributed by atoms with van der Waals surface area (Å²) in [6, 6.07) is 18.0. The molecule has 1 aliphatic rings. The second-order valence-electron chi connectivity index (χ2n) is 7.60. The molecule has 30 heavy (non-hydrogen) atoms. The third-order valence-corrected chi connectivity index (χ3v) is 5.34. The van der Waals surface area contributed by atoms with Crippen molar-refractivity contribution in [3.63, 3.8) is 0 Å². The van der Waals surface area contributed by atoms with Gasteiger partial charge in [0.1, 0.15) is 5.69 Å². The van der Waals surface area contributed by atoms with Gasteiger partial charge >= 0.3 is 0 Å². The predicted molar refractivity (Wildman–Crippen MR) is 118 cm³/mol. The van der Waals surface area contributed by atoms with Crippen molar-refractivity contribution in [2.45, 2.75) is 13.3 Å². The van der Waals surface area contributed by atoms with Crippen LogP contribution < -0.4 is 5.32 Å². The Hall–Kier alpha value is -2.96. The minimum atomic E-state index is -0.0882. The molecule has 3 aromatic rings. The highest BCUT2D eigenvalue weighted by atomic mass is 16.5. The Bertz CT molecular complexity index is 961. The van der Waals surface area contributed by atoms with Crippen molar-refractivity contribution in [3.8, 4) is 16.9 Å². The molecule has 1 aliphatic heterocycles. The van der Waals surface area contributed by atoms with E-state index in [1.54, 1.807) is 4.68 Å². The van der Waals surface area contributed by atoms with Crippen molar-refractivity contribution in [2.24, 2.45) is 0 Å². The first-order valence-corrected chi connectivity index (χ1v) is 10.5. The molecule has 2 heterocycles. The van der Waals surface area contributed by atoms with Crippen LogP contribution in [-0.2, 0) is 4.74 Å². The topological polar surface area (TPSA) is 59.4 Å². The Morgan fingerprint density at radius 1 is 1.07 bits per heavy atom. The zero-order valence-electron chi connectivity index (χ0n) is 17.4. The first kappa shape index (κ1) is 20.3. The van der Waals surface area contributed by atoms with Crippen molar-refractivity contribution in [2.75, 3.05) is 39.4 Å². The van der Waals surface area contributed by atoms with E-state index in [4.69, 9.17) is 9.84 Å². The molecule has 4 rings (SSSR count). The molecule has 2 aromatic carbocycles. The van der Waals surface area contributed by atoms with Gasteiger partial charge in [0.05, 0.1) is 24.5 Å². The van der Waals surface area contributed by atoms with E-state index in [9.17, 15) is 4.79 Å². The molecule has 1 amide bonds. The minimum absolute atomic E-state index is 0.0882. The van der Waals surface area contributed by atoms with E-state index in [-0.39, 0.29) is 5.91 Å². The Morgan fingerprint density at radius 3 is 2.53 bits per heavy atom. The van der Waals surface area contributed by atoms with Gasteiger partial charge in [0.25, 0.3) is 5.91 Å². The van der Waals surface area contributed by atoms with Crippen LogP contribution in [0.3, 0.4) is 0 Å². The van der Waals surface area contributed by atoms with E-state index in [0.717, 1.165) is 50.5 Å². The molecular weight excluding hydrogens is 376 g/mol. The van der Waals surface area contributed by atoms with Crippen molar-refractivity contribution in [3.05, 3.63) is 71.9 Å². The highest BCUT2D eigenvalue weighted by molar-refractivity contribution is 5.99. The summed E-state index contributed by atoms with van der Waals surface area (Å²) >= 11 is 0. The number of amides is 1. The predicted octanol–water partition coefficient (Wildman–Crippen LogP) is 3.30. The molecule has 0 radical (unpaired) electrons. The summed E-state index contributed by atoms with van der Waals surface area (Å²) in [5.41, 5.74) is 4.33. The summed E-state index contributed by atoms with van der Waals surface area (Å²) in [6.07, 6.45) is 2.74. The second kappa shape index (κ2) is 9.69. The summed E-state index contributed by atoms with van der Waals surface area (Å²) in [7, 11) is 0. The molecule has 6 heteroatoms. The Morgan fingerprint density at radius 2 is 1.80 bits per heavy atom. The lowest BCUT2D eigenvalue weighted by Crippen LogP contribution is -2.38. The van der Waals surface area contributed by atoms with E-state index in [2.05, 4.69) is 17.1 Å². The molecule has 0 spiro atoms. The van der Waals surface area contributed by atoms with Gasteiger partial charge in [-0.25, -0.2) is 4.68 Å². The molecule has 1 aromatic heterocycles. The summed E-state index contributed by atoms with van der Waals surface area (Å²) in [6.45, 7) is 7.19. The molecule has 1 saturated heterocycles. The molecule has 0 atom stereocenters. The molecule has 0 saturated carbocycles. The number of hydrogen-bond donors (Lipinski definition) is 1. The van der Waals surface area contributed by atoms with E-state index in [0.29, 0.717) is 17.8 Å². The van der Waals surface area contributed by atoms with E-state index >= 15 is 0 Å². The number of aryl methyl sites for hydroxylation is 1. The van der Waals surface area contributed by atoms with Gasteiger partial charge in [0, 0.05) is 31.4 Å². The number of benzene rings is 2. The van der Waals surface area contributed by atoms with Crippen LogP contribution in [0.15, 0.2) is 60.8 Å². The van der Waals surface area contributed by atoms with Crippen molar-refractivity contribution < 1.29 is 9.53 Å². The molecule has 0 bridgehead atoms. The van der Waals surface area contributed by atoms with Gasteiger partial charge in [-0.2, -0.15) is 5.10 Å². The van der Waals surface area contributed by atoms with E-state index < -0.39 is 0 Å². The number of hydrogen-bond acceptors (Lipinski definition) is 4. The van der Waals surface area contributed by atoms with Crippen molar-refractivity contribution in [1.29, 1.82) is 0 Å². The lowest BCUT2D eigenvalue weighted by atomic mass is 10.1. The molecular formula is C24H28N4O2. The van der Waals surface area contributed by atoms with Gasteiger partial charge in [-0.3, -0.25) is 9.69 Å². The molecule has 1 N–H and O–H groups in total. The molecule has 0 unspecified atom stereocenters. The largest absolute Gasteiger partial charge is 0.379 e. The van der Waals surface area contributed by atoms with Crippen molar-refractivity contribution in [1.82, 2.24) is 20.0 Å². The second-order valence-corrected chi connectivity index (χ2v) is 7.60. The average molecular weight is 405 g/mol. The van der Waals surface area contributed by atoms with Crippen LogP contribution in [0.2, 0.25) is 0 Å². The fraction of sp³-hybridized carbons (Fsp3) is 0.333. The standard InChI is InChI=1S/C24H28N4O2/c1-19-8-10-20(11-9-19)23-22(18-28(26-23)21-6-3-2-4-7-21)24(29)25-12-5-13-27-14-16-30-17-15-27/h2-4,6-11,18H,5,12-17H2,1H3,(H,25,29). The zero-order valence-corrected chi connectivity index (χ0v) is 17.4. The first-order chi connectivity index (χ1) is 14.7. The summed E-state index contributed by atoms with van der Waals surface area (Å²) in [5.74, 6) is -0.0882. The van der Waals surface area contributed by atoms with Crippen molar-refractivity contribution >= 4 is 5.91 Å². The SMILES string of the molecule is Cc1ccc(-c2nn(-c3ccccc3)cc2C(=O)NCCCN2CCOCC2)cc1. The number of morpholine rings is 1. The molecule has 156 valence electrons. The monoisotopic (exact) mass is 404 g/mol. The zero-order chi connectivity index (χ0) is 20.8. The van der Waals surface area contributed by atoms with Gasteiger partial charge in [-0.15, -0.1) is 0 Å². The first-order valence-electron chi connectivity index (χ1n) is 10.5. The van der Waals surface area contributed by atoms with E-state index in [1.165, 1.54) is 5.56 Å². The number of nitrogens with one attached hydrogen (secondary N) is 1. The average Bonchev–Trinajstić information content (AvgIpc) is 3.24. The summed E-state index contributed by atoms with van der Waals surface area (Å²) < 4.78 is 7.16. The Labute approximate surface area is 177 Å². The van der Waals surface area contributed by atoms with Gasteiger partial charge in [0.15, 0.2) is 0 Å². The third kappa shape index (κ3) is 4.96. The van der Waals surface area contributed by atoms with Gasteiger partial charge in [0.2, 0.25) is 0 Å². The lowest BCUT2D eigenvalue weighted by molar-refractivity contribution is 0.0374. The number of rotatable bonds is 7. The third-order valence-electron chi connectivity index (χ3n) is 5.34. The number of carbonyl (C=O) groups excluding carboxylic acids is 1. The van der Waals surface area contributed by atoms with Gasteiger partial charge in [-0.1, -0.05) is 48.0 Å². The van der Waals surface area contributed by atoms with Gasteiger partial charge < -0.3 is 10.1 Å². The molecule has 6 nitrogen and oxygen atoms in total. The highest BCUT2D eigenvalue weighted by Crippen LogP contribution is 2.24.